The van der Waals surface area contributed by atoms with E-state index >= 15 is 0 Å². The van der Waals surface area contributed by atoms with E-state index in [9.17, 15) is 4.79 Å². The third-order valence-electron chi connectivity index (χ3n) is 3.79. The second-order valence-corrected chi connectivity index (χ2v) is 5.49. The number of carbonyl (C=O) groups is 1. The Balaban J connectivity index is 2.07. The zero-order chi connectivity index (χ0) is 13.7. The average Bonchev–Trinajstić information content (AvgIpc) is 2.42. The van der Waals surface area contributed by atoms with Crippen molar-refractivity contribution in [2.24, 2.45) is 0 Å². The van der Waals surface area contributed by atoms with Crippen LogP contribution in [0.4, 0.5) is 0 Å². The minimum absolute atomic E-state index is 0.145. The lowest BCUT2D eigenvalue weighted by Gasteiger charge is -2.27. The van der Waals surface area contributed by atoms with Crippen molar-refractivity contribution in [2.75, 3.05) is 13.1 Å². The van der Waals surface area contributed by atoms with Gasteiger partial charge in [0.15, 0.2) is 5.78 Å². The van der Waals surface area contributed by atoms with Crippen LogP contribution in [0.3, 0.4) is 0 Å². The number of hydrogen-bond acceptors (Lipinski definition) is 2. The topological polar surface area (TPSA) is 20.3 Å². The molecule has 0 spiro atoms. The minimum Gasteiger partial charge on any atom is -0.299 e. The molecule has 1 saturated heterocycles. The molecule has 19 heavy (non-hydrogen) atoms. The van der Waals surface area contributed by atoms with Crippen LogP contribution < -0.4 is 0 Å². The average molecular weight is 257 g/mol. The second kappa shape index (κ2) is 6.67. The molecule has 0 bridgehead atoms. The molecule has 1 aliphatic rings. The van der Waals surface area contributed by atoms with Crippen molar-refractivity contribution in [3.8, 4) is 0 Å². The van der Waals surface area contributed by atoms with Crippen molar-refractivity contribution >= 4 is 5.78 Å². The van der Waals surface area contributed by atoms with Gasteiger partial charge in [-0.05, 0) is 49.6 Å². The van der Waals surface area contributed by atoms with Gasteiger partial charge in [0, 0.05) is 13.0 Å². The first-order valence-corrected chi connectivity index (χ1v) is 7.14. The maximum atomic E-state index is 11.8. The Bertz CT molecular complexity index is 458. The Labute approximate surface area is 116 Å². The van der Waals surface area contributed by atoms with E-state index in [-0.39, 0.29) is 5.78 Å². The maximum absolute atomic E-state index is 11.8. The van der Waals surface area contributed by atoms with Gasteiger partial charge in [0.2, 0.25) is 0 Å². The molecule has 1 aromatic carbocycles. The Hall–Kier alpha value is -1.41. The van der Waals surface area contributed by atoms with Gasteiger partial charge in [0.25, 0.3) is 0 Å². The smallest absolute Gasteiger partial charge is 0.162 e. The third-order valence-corrected chi connectivity index (χ3v) is 3.79. The summed E-state index contributed by atoms with van der Waals surface area (Å²) in [5, 5.41) is 0. The number of hydrogen-bond donors (Lipinski definition) is 0. The van der Waals surface area contributed by atoms with E-state index in [0.717, 1.165) is 12.1 Å². The Morgan fingerprint density at radius 3 is 2.42 bits per heavy atom. The van der Waals surface area contributed by atoms with Gasteiger partial charge in [-0.25, -0.2) is 0 Å². The van der Waals surface area contributed by atoms with Gasteiger partial charge in [-0.15, -0.1) is 0 Å². The molecule has 102 valence electrons. The highest BCUT2D eigenvalue weighted by Crippen LogP contribution is 2.17. The van der Waals surface area contributed by atoms with Gasteiger partial charge in [-0.1, -0.05) is 37.3 Å². The Morgan fingerprint density at radius 1 is 1.16 bits per heavy atom. The minimum atomic E-state index is 0.145. The van der Waals surface area contributed by atoms with Crippen LogP contribution in [0.1, 0.15) is 37.3 Å². The molecule has 0 aromatic heterocycles. The van der Waals surface area contributed by atoms with Crippen LogP contribution in [0.2, 0.25) is 0 Å². The van der Waals surface area contributed by atoms with Crippen LogP contribution >= 0.6 is 0 Å². The molecule has 1 heterocycles. The fourth-order valence-corrected chi connectivity index (χ4v) is 2.57. The summed E-state index contributed by atoms with van der Waals surface area (Å²) in [4.78, 5) is 14.3. The number of carbonyl (C=O) groups excluding carboxylic acids is 1. The molecular formula is C17H23NO. The van der Waals surface area contributed by atoms with Crippen LogP contribution in [-0.2, 0) is 17.8 Å². The predicted octanol–water partition coefficient (Wildman–Crippen LogP) is 3.36. The molecule has 0 radical (unpaired) electrons. The molecule has 2 heteroatoms. The van der Waals surface area contributed by atoms with Gasteiger partial charge in [-0.2, -0.15) is 0 Å². The van der Waals surface area contributed by atoms with E-state index in [0.29, 0.717) is 12.0 Å². The molecule has 1 aliphatic heterocycles. The molecule has 2 rings (SSSR count). The van der Waals surface area contributed by atoms with Crippen LogP contribution in [0.15, 0.2) is 36.4 Å². The van der Waals surface area contributed by atoms with Gasteiger partial charge < -0.3 is 0 Å². The Morgan fingerprint density at radius 2 is 1.79 bits per heavy atom. The lowest BCUT2D eigenvalue weighted by molar-refractivity contribution is -0.114. The second-order valence-electron chi connectivity index (χ2n) is 5.49. The van der Waals surface area contributed by atoms with Gasteiger partial charge in [0.1, 0.15) is 0 Å². The molecule has 0 atom stereocenters. The number of likely N-dealkylation sites (tertiary alicyclic amines) is 1. The molecule has 1 aromatic rings. The quantitative estimate of drug-likeness (QED) is 0.754. The Kier molecular flexibility index (Phi) is 4.92. The lowest BCUT2D eigenvalue weighted by atomic mass is 9.99. The summed E-state index contributed by atoms with van der Waals surface area (Å²) in [6, 6.07) is 8.30. The summed E-state index contributed by atoms with van der Waals surface area (Å²) in [6.45, 7) is 8.86. The van der Waals surface area contributed by atoms with E-state index in [4.69, 9.17) is 0 Å². The van der Waals surface area contributed by atoms with Crippen LogP contribution in [0.25, 0.3) is 0 Å². The van der Waals surface area contributed by atoms with Crippen LogP contribution in [0, 0.1) is 0 Å². The highest BCUT2D eigenvalue weighted by atomic mass is 16.1. The number of benzene rings is 1. The normalized spacial score (nSPS) is 16.3. The van der Waals surface area contributed by atoms with Crippen LogP contribution in [-0.4, -0.2) is 23.8 Å². The lowest BCUT2D eigenvalue weighted by Crippen LogP contribution is -2.29. The number of Topliss-reactive ketones (excluding diaryl/α,β-unsaturated/α-hetero) is 1. The SMILES string of the molecule is C=C(C)C(=O)Cc1ccccc1CN1CCCCC1. The highest BCUT2D eigenvalue weighted by molar-refractivity contribution is 5.95. The summed E-state index contributed by atoms with van der Waals surface area (Å²) >= 11 is 0. The van der Waals surface area contributed by atoms with Crippen molar-refractivity contribution in [3.63, 3.8) is 0 Å². The summed E-state index contributed by atoms with van der Waals surface area (Å²) in [7, 11) is 0. The monoisotopic (exact) mass is 257 g/mol. The number of rotatable bonds is 5. The van der Waals surface area contributed by atoms with Gasteiger partial charge >= 0.3 is 0 Å². The molecule has 0 saturated carbocycles. The highest BCUT2D eigenvalue weighted by Gasteiger charge is 2.13. The van der Waals surface area contributed by atoms with Gasteiger partial charge in [0.05, 0.1) is 0 Å². The summed E-state index contributed by atoms with van der Waals surface area (Å²) in [5.41, 5.74) is 3.09. The zero-order valence-corrected chi connectivity index (χ0v) is 11.8. The number of piperidine rings is 1. The first-order chi connectivity index (χ1) is 9.16. The fraction of sp³-hybridized carbons (Fsp3) is 0.471. The van der Waals surface area contributed by atoms with Crippen molar-refractivity contribution < 1.29 is 4.79 Å². The largest absolute Gasteiger partial charge is 0.299 e. The van der Waals surface area contributed by atoms with E-state index in [1.807, 2.05) is 6.07 Å². The molecule has 0 unspecified atom stereocenters. The molecule has 0 amide bonds. The first kappa shape index (κ1) is 14.0. The van der Waals surface area contributed by atoms with Crippen molar-refractivity contribution in [1.82, 2.24) is 4.90 Å². The molecule has 0 N–H and O–H groups in total. The van der Waals surface area contributed by atoms with Gasteiger partial charge in [-0.3, -0.25) is 9.69 Å². The first-order valence-electron chi connectivity index (χ1n) is 7.14. The summed E-state index contributed by atoms with van der Waals surface area (Å²) in [5.74, 6) is 0.145. The van der Waals surface area contributed by atoms with Crippen molar-refractivity contribution in [1.29, 1.82) is 0 Å². The summed E-state index contributed by atoms with van der Waals surface area (Å²) in [6.07, 6.45) is 4.44. The molecule has 2 nitrogen and oxygen atoms in total. The standard InChI is InChI=1S/C17H23NO/c1-14(2)17(19)12-15-8-4-5-9-16(15)13-18-10-6-3-7-11-18/h4-5,8-9H,1,3,6-7,10-13H2,2H3. The van der Waals surface area contributed by atoms with E-state index < -0.39 is 0 Å². The predicted molar refractivity (Wildman–Crippen MR) is 79.1 cm³/mol. The molecular weight excluding hydrogens is 234 g/mol. The fourth-order valence-electron chi connectivity index (χ4n) is 2.57. The van der Waals surface area contributed by atoms with Crippen molar-refractivity contribution in [3.05, 3.63) is 47.5 Å². The molecule has 0 aliphatic carbocycles. The molecule has 1 fully saturated rings. The number of allylic oxidation sites excluding steroid dienone is 1. The van der Waals surface area contributed by atoms with Crippen LogP contribution in [0.5, 0.6) is 0 Å². The number of nitrogens with zero attached hydrogens (tertiary/aromatic N) is 1. The van der Waals surface area contributed by atoms with E-state index in [1.54, 1.807) is 6.92 Å². The third kappa shape index (κ3) is 4.03. The maximum Gasteiger partial charge on any atom is 0.162 e. The van der Waals surface area contributed by atoms with E-state index in [2.05, 4.69) is 29.7 Å². The summed E-state index contributed by atoms with van der Waals surface area (Å²) < 4.78 is 0. The van der Waals surface area contributed by atoms with E-state index in [1.165, 1.54) is 37.9 Å². The zero-order valence-electron chi connectivity index (χ0n) is 11.8. The number of ketones is 1. The van der Waals surface area contributed by atoms with Crippen molar-refractivity contribution in [2.45, 2.75) is 39.2 Å².